The summed E-state index contributed by atoms with van der Waals surface area (Å²) in [6.07, 6.45) is 4.36. The largest absolute Gasteiger partial charge is 0.493 e. The average molecular weight is 576 g/mol. The van der Waals surface area contributed by atoms with Crippen molar-refractivity contribution in [2.24, 2.45) is 5.41 Å². The molecule has 42 heavy (non-hydrogen) atoms. The SMILES string of the molecule is CCOc1cc(C(=O)Nc2ccccn2)cc(F)c1-c1nc([C@@H]2CC[C@@H]3N(C2)C(=O)CC3(C)C)n2c(F)cnc(N)c12. The number of anilines is 2. The maximum atomic E-state index is 16.0. The van der Waals surface area contributed by atoms with Gasteiger partial charge in [-0.05, 0) is 49.4 Å². The van der Waals surface area contributed by atoms with Crippen molar-refractivity contribution in [3.8, 4) is 17.0 Å². The quantitative estimate of drug-likeness (QED) is 0.338. The first-order valence-electron chi connectivity index (χ1n) is 13.9. The second-order valence-electron chi connectivity index (χ2n) is 11.4. The number of carbonyl (C=O) groups is 2. The van der Waals surface area contributed by atoms with Gasteiger partial charge in [0.25, 0.3) is 5.91 Å². The Bertz CT molecular complexity index is 1710. The van der Waals surface area contributed by atoms with Crippen molar-refractivity contribution in [2.45, 2.75) is 52.0 Å². The van der Waals surface area contributed by atoms with E-state index >= 15 is 8.78 Å². The number of amides is 2. The molecule has 5 heterocycles. The number of halogens is 2. The van der Waals surface area contributed by atoms with Crippen LogP contribution in [0.25, 0.3) is 16.8 Å². The summed E-state index contributed by atoms with van der Waals surface area (Å²) in [5, 5.41) is 2.63. The highest BCUT2D eigenvalue weighted by atomic mass is 19.1. The molecule has 2 amide bonds. The van der Waals surface area contributed by atoms with Gasteiger partial charge in [0.05, 0.1) is 18.4 Å². The van der Waals surface area contributed by atoms with E-state index in [1.807, 2.05) is 4.90 Å². The van der Waals surface area contributed by atoms with Crippen LogP contribution in [0, 0.1) is 17.2 Å². The van der Waals surface area contributed by atoms with Crippen LogP contribution >= 0.6 is 0 Å². The zero-order valence-electron chi connectivity index (χ0n) is 23.5. The molecule has 0 spiro atoms. The minimum absolute atomic E-state index is 0.000137. The van der Waals surface area contributed by atoms with E-state index in [1.165, 1.54) is 16.7 Å². The third kappa shape index (κ3) is 4.60. The molecule has 3 N–H and O–H groups in total. The van der Waals surface area contributed by atoms with Crippen LogP contribution in [0.1, 0.15) is 62.1 Å². The summed E-state index contributed by atoms with van der Waals surface area (Å²) in [5.41, 5.74) is 6.16. The van der Waals surface area contributed by atoms with Gasteiger partial charge >= 0.3 is 0 Å². The normalized spacial score (nSPS) is 19.6. The molecule has 1 aromatic carbocycles. The summed E-state index contributed by atoms with van der Waals surface area (Å²) in [4.78, 5) is 40.5. The third-order valence-electron chi connectivity index (χ3n) is 8.21. The Morgan fingerprint density at radius 1 is 1.21 bits per heavy atom. The van der Waals surface area contributed by atoms with Crippen molar-refractivity contribution >= 4 is 29.0 Å². The van der Waals surface area contributed by atoms with Gasteiger partial charge in [-0.2, -0.15) is 4.39 Å². The number of nitrogens with zero attached hydrogens (tertiary/aromatic N) is 5. The Morgan fingerprint density at radius 3 is 2.76 bits per heavy atom. The number of aromatic nitrogens is 4. The van der Waals surface area contributed by atoms with E-state index in [0.29, 0.717) is 31.0 Å². The summed E-state index contributed by atoms with van der Waals surface area (Å²) >= 11 is 0. The molecule has 0 saturated carbocycles. The van der Waals surface area contributed by atoms with Gasteiger partial charge in [0, 0.05) is 36.7 Å². The number of benzene rings is 1. The molecule has 0 radical (unpaired) electrons. The van der Waals surface area contributed by atoms with Gasteiger partial charge < -0.3 is 20.7 Å². The topological polar surface area (TPSA) is 128 Å². The maximum Gasteiger partial charge on any atom is 0.257 e. The number of pyridine rings is 1. The Labute approximate surface area is 240 Å². The smallest absolute Gasteiger partial charge is 0.257 e. The Hall–Kier alpha value is -4.61. The maximum absolute atomic E-state index is 16.0. The molecule has 0 bridgehead atoms. The van der Waals surface area contributed by atoms with Crippen LogP contribution in [0.15, 0.2) is 42.7 Å². The van der Waals surface area contributed by atoms with Gasteiger partial charge in [-0.25, -0.2) is 19.3 Å². The van der Waals surface area contributed by atoms with E-state index in [4.69, 9.17) is 15.5 Å². The second-order valence-corrected chi connectivity index (χ2v) is 11.4. The van der Waals surface area contributed by atoms with Crippen molar-refractivity contribution < 1.29 is 23.1 Å². The number of carbonyl (C=O) groups excluding carboxylic acids is 2. The van der Waals surface area contributed by atoms with Crippen LogP contribution in [0.2, 0.25) is 0 Å². The lowest BCUT2D eigenvalue weighted by molar-refractivity contribution is -0.130. The molecule has 3 aromatic heterocycles. The minimum Gasteiger partial charge on any atom is -0.493 e. The second kappa shape index (κ2) is 10.3. The van der Waals surface area contributed by atoms with Crippen LogP contribution in [0.3, 0.4) is 0 Å². The molecule has 2 aliphatic heterocycles. The van der Waals surface area contributed by atoms with Gasteiger partial charge in [0.15, 0.2) is 0 Å². The highest BCUT2D eigenvalue weighted by Crippen LogP contribution is 2.46. The molecule has 12 heteroatoms. The number of ether oxygens (including phenoxy) is 1. The van der Waals surface area contributed by atoms with Crippen LogP contribution < -0.4 is 15.8 Å². The van der Waals surface area contributed by atoms with E-state index in [2.05, 4.69) is 29.1 Å². The molecule has 0 aliphatic carbocycles. The van der Waals surface area contributed by atoms with Gasteiger partial charge in [-0.1, -0.05) is 19.9 Å². The highest BCUT2D eigenvalue weighted by Gasteiger charge is 2.48. The average Bonchev–Trinajstić information content (AvgIpc) is 3.46. The first-order chi connectivity index (χ1) is 20.1. The van der Waals surface area contributed by atoms with Crippen LogP contribution in [-0.4, -0.2) is 55.3 Å². The molecule has 218 valence electrons. The number of hydrogen-bond acceptors (Lipinski definition) is 7. The number of hydrogen-bond donors (Lipinski definition) is 2. The lowest BCUT2D eigenvalue weighted by Crippen LogP contribution is -2.44. The molecule has 2 atom stereocenters. The number of fused-ring (bicyclic) bond motifs is 2. The Kier molecular flexibility index (Phi) is 6.78. The molecule has 10 nitrogen and oxygen atoms in total. The molecular weight excluding hydrogens is 544 g/mol. The van der Waals surface area contributed by atoms with E-state index < -0.39 is 17.7 Å². The molecule has 0 unspecified atom stereocenters. The standard InChI is InChI=1S/C30H31F2N7O3/c1-4-42-19-12-17(29(41)36-22-7-5-6-10-34-22)11-18(31)24(19)25-26-27(33)35-14-21(32)39(26)28(37-25)16-8-9-20-30(2,3)13-23(40)38(20)15-16/h5-7,10-12,14,16,20H,4,8-9,13,15H2,1-3H3,(H2,33,35)(H,34,36,41)/t16-,20+/m1/s1. The van der Waals surface area contributed by atoms with Crippen LogP contribution in [0.4, 0.5) is 20.4 Å². The molecular formula is C30H31F2N7O3. The lowest BCUT2D eigenvalue weighted by Gasteiger charge is -2.39. The van der Waals surface area contributed by atoms with Gasteiger partial charge in [0.2, 0.25) is 11.9 Å². The monoisotopic (exact) mass is 575 g/mol. The first kappa shape index (κ1) is 27.6. The fraction of sp³-hybridized carbons (Fsp3) is 0.367. The van der Waals surface area contributed by atoms with E-state index in [-0.39, 0.29) is 63.8 Å². The fourth-order valence-electron chi connectivity index (χ4n) is 6.30. The summed E-state index contributed by atoms with van der Waals surface area (Å²) in [6, 6.07) is 7.60. The molecule has 2 fully saturated rings. The number of nitrogen functional groups attached to an aromatic ring is 1. The predicted molar refractivity (Wildman–Crippen MR) is 152 cm³/mol. The van der Waals surface area contributed by atoms with Crippen molar-refractivity contribution in [3.63, 3.8) is 0 Å². The van der Waals surface area contributed by atoms with Crippen molar-refractivity contribution in [1.82, 2.24) is 24.3 Å². The number of piperidine rings is 1. The third-order valence-corrected chi connectivity index (χ3v) is 8.21. The van der Waals surface area contributed by atoms with Gasteiger partial charge in [-0.3, -0.25) is 14.0 Å². The lowest BCUT2D eigenvalue weighted by atomic mass is 9.79. The molecule has 4 aromatic rings. The summed E-state index contributed by atoms with van der Waals surface area (Å²) in [7, 11) is 0. The molecule has 2 saturated heterocycles. The number of imidazole rings is 1. The Morgan fingerprint density at radius 2 is 2.02 bits per heavy atom. The summed E-state index contributed by atoms with van der Waals surface area (Å²) in [5.74, 6) is -1.75. The molecule has 6 rings (SSSR count). The van der Waals surface area contributed by atoms with Crippen molar-refractivity contribution in [2.75, 3.05) is 24.2 Å². The van der Waals surface area contributed by atoms with Crippen LogP contribution in [0.5, 0.6) is 5.75 Å². The number of nitrogens with two attached hydrogens (primary N) is 1. The highest BCUT2D eigenvalue weighted by molar-refractivity contribution is 6.05. The summed E-state index contributed by atoms with van der Waals surface area (Å²) in [6.45, 7) is 6.42. The minimum atomic E-state index is -0.803. The van der Waals surface area contributed by atoms with Crippen molar-refractivity contribution in [1.29, 1.82) is 0 Å². The predicted octanol–water partition coefficient (Wildman–Crippen LogP) is 4.81. The summed E-state index contributed by atoms with van der Waals surface area (Å²) < 4.78 is 38.5. The zero-order valence-corrected chi connectivity index (χ0v) is 23.5. The van der Waals surface area contributed by atoms with Gasteiger partial charge in [0.1, 0.15) is 40.2 Å². The fourth-order valence-corrected chi connectivity index (χ4v) is 6.30. The van der Waals surface area contributed by atoms with Crippen molar-refractivity contribution in [3.05, 3.63) is 65.9 Å². The Balaban J connectivity index is 1.45. The van der Waals surface area contributed by atoms with E-state index in [1.54, 1.807) is 25.1 Å². The molecule has 2 aliphatic rings. The van der Waals surface area contributed by atoms with E-state index in [9.17, 15) is 9.59 Å². The number of rotatable bonds is 6. The van der Waals surface area contributed by atoms with E-state index in [0.717, 1.165) is 18.7 Å². The van der Waals surface area contributed by atoms with Crippen LogP contribution in [-0.2, 0) is 4.79 Å². The number of nitrogens with one attached hydrogen (secondary N) is 1. The van der Waals surface area contributed by atoms with Gasteiger partial charge in [-0.15, -0.1) is 0 Å². The zero-order chi connectivity index (χ0) is 29.8. The first-order valence-corrected chi connectivity index (χ1v) is 13.9.